The number of aromatic nitrogens is 1. The molecule has 5 nitrogen and oxygen atoms in total. The van der Waals surface area contributed by atoms with E-state index < -0.39 is 18.6 Å². The first-order valence-corrected chi connectivity index (χ1v) is 4.62. The van der Waals surface area contributed by atoms with Gasteiger partial charge in [0.25, 0.3) is 5.91 Å². The molecular formula is C9H11F3N4O. The van der Waals surface area contributed by atoms with Crippen LogP contribution < -0.4 is 16.6 Å². The fourth-order valence-corrected chi connectivity index (χ4v) is 1.16. The molecular weight excluding hydrogens is 237 g/mol. The van der Waals surface area contributed by atoms with Gasteiger partial charge in [0.15, 0.2) is 0 Å². The lowest BCUT2D eigenvalue weighted by molar-refractivity contribution is -0.123. The van der Waals surface area contributed by atoms with Crippen molar-refractivity contribution in [1.82, 2.24) is 10.3 Å². The van der Waals surface area contributed by atoms with Crippen LogP contribution in [0.2, 0.25) is 0 Å². The number of rotatable bonds is 3. The summed E-state index contributed by atoms with van der Waals surface area (Å²) in [5.74, 6) is 4.49. The van der Waals surface area contributed by atoms with Crippen LogP contribution in [-0.2, 0) is 0 Å². The first-order chi connectivity index (χ1) is 7.81. The van der Waals surface area contributed by atoms with Crippen molar-refractivity contribution >= 4 is 11.7 Å². The Bertz CT molecular complexity index is 419. The predicted octanol–water partition coefficient (Wildman–Crippen LogP) is 0.968. The van der Waals surface area contributed by atoms with Gasteiger partial charge < -0.3 is 10.7 Å². The van der Waals surface area contributed by atoms with Crippen LogP contribution in [-0.4, -0.2) is 23.6 Å². The number of nitrogens with two attached hydrogens (primary N) is 1. The minimum absolute atomic E-state index is 0.0645. The van der Waals surface area contributed by atoms with Gasteiger partial charge in [-0.15, -0.1) is 0 Å². The maximum atomic E-state index is 11.9. The fraction of sp³-hybridized carbons (Fsp3) is 0.333. The molecule has 0 aliphatic carbocycles. The smallest absolute Gasteiger partial charge is 0.343 e. The molecule has 1 aromatic rings. The Hall–Kier alpha value is -1.83. The standard InChI is InChI=1S/C9H11F3N4O/c1-5-2-6(3-7(15-5)16-13)8(17)14-4-9(10,11)12/h2-3H,4,13H2,1H3,(H,14,17)(H,15,16). The number of alkyl halides is 3. The number of carbonyl (C=O) groups is 1. The molecule has 0 unspecified atom stereocenters. The highest BCUT2D eigenvalue weighted by atomic mass is 19.4. The average molecular weight is 248 g/mol. The summed E-state index contributed by atoms with van der Waals surface area (Å²) in [7, 11) is 0. The van der Waals surface area contributed by atoms with Crippen LogP contribution in [0, 0.1) is 6.92 Å². The highest BCUT2D eigenvalue weighted by Gasteiger charge is 2.27. The van der Waals surface area contributed by atoms with Crippen molar-refractivity contribution in [1.29, 1.82) is 0 Å². The van der Waals surface area contributed by atoms with Gasteiger partial charge in [0, 0.05) is 11.3 Å². The van der Waals surface area contributed by atoms with Gasteiger partial charge in [-0.1, -0.05) is 0 Å². The molecule has 0 fully saturated rings. The number of amides is 1. The number of hydrogen-bond acceptors (Lipinski definition) is 4. The second-order valence-corrected chi connectivity index (χ2v) is 3.32. The predicted molar refractivity (Wildman–Crippen MR) is 55.2 cm³/mol. The average Bonchev–Trinajstić information content (AvgIpc) is 2.23. The van der Waals surface area contributed by atoms with Crippen molar-refractivity contribution < 1.29 is 18.0 Å². The number of nitrogens with zero attached hydrogens (tertiary/aromatic N) is 1. The highest BCUT2D eigenvalue weighted by molar-refractivity contribution is 5.95. The molecule has 0 aliphatic heterocycles. The first-order valence-electron chi connectivity index (χ1n) is 4.62. The SMILES string of the molecule is Cc1cc(C(=O)NCC(F)(F)F)cc(NN)n1. The van der Waals surface area contributed by atoms with Gasteiger partial charge in [0.1, 0.15) is 12.4 Å². The van der Waals surface area contributed by atoms with Gasteiger partial charge in [-0.3, -0.25) is 4.79 Å². The van der Waals surface area contributed by atoms with Crippen molar-refractivity contribution in [3.05, 3.63) is 23.4 Å². The molecule has 0 radical (unpaired) electrons. The van der Waals surface area contributed by atoms with Gasteiger partial charge in [0.05, 0.1) is 0 Å². The summed E-state index contributed by atoms with van der Waals surface area (Å²) in [6.45, 7) is 0.222. The van der Waals surface area contributed by atoms with E-state index in [0.717, 1.165) is 0 Å². The number of halogens is 3. The number of anilines is 1. The maximum Gasteiger partial charge on any atom is 0.405 e. The number of hydrogen-bond donors (Lipinski definition) is 3. The summed E-state index contributed by atoms with van der Waals surface area (Å²) < 4.78 is 35.7. The van der Waals surface area contributed by atoms with Gasteiger partial charge in [-0.25, -0.2) is 10.8 Å². The second-order valence-electron chi connectivity index (χ2n) is 3.32. The molecule has 1 amide bonds. The van der Waals surface area contributed by atoms with E-state index in [-0.39, 0.29) is 11.4 Å². The van der Waals surface area contributed by atoms with E-state index in [1.807, 2.05) is 0 Å². The summed E-state index contributed by atoms with van der Waals surface area (Å²) >= 11 is 0. The van der Waals surface area contributed by atoms with E-state index in [1.54, 1.807) is 12.2 Å². The normalized spacial score (nSPS) is 11.1. The van der Waals surface area contributed by atoms with Gasteiger partial charge in [-0.05, 0) is 19.1 Å². The van der Waals surface area contributed by atoms with Crippen molar-refractivity contribution in [3.63, 3.8) is 0 Å². The minimum atomic E-state index is -4.44. The number of nitrogen functional groups attached to an aromatic ring is 1. The van der Waals surface area contributed by atoms with E-state index in [2.05, 4.69) is 10.4 Å². The van der Waals surface area contributed by atoms with Crippen LogP contribution in [0.4, 0.5) is 19.0 Å². The number of nitrogens with one attached hydrogen (secondary N) is 2. The summed E-state index contributed by atoms with van der Waals surface area (Å²) in [4.78, 5) is 15.3. The van der Waals surface area contributed by atoms with Gasteiger partial charge in [0.2, 0.25) is 0 Å². The summed E-state index contributed by atoms with van der Waals surface area (Å²) in [6.07, 6.45) is -4.44. The molecule has 0 bridgehead atoms. The Labute approximate surface area is 95.2 Å². The Morgan fingerprint density at radius 3 is 2.65 bits per heavy atom. The molecule has 1 heterocycles. The van der Waals surface area contributed by atoms with E-state index >= 15 is 0 Å². The maximum absolute atomic E-state index is 11.9. The molecule has 0 aromatic carbocycles. The molecule has 17 heavy (non-hydrogen) atoms. The number of hydrazine groups is 1. The molecule has 1 aromatic heterocycles. The lowest BCUT2D eigenvalue weighted by Crippen LogP contribution is -2.33. The lowest BCUT2D eigenvalue weighted by Gasteiger charge is -2.09. The van der Waals surface area contributed by atoms with Gasteiger partial charge in [-0.2, -0.15) is 13.2 Å². The second kappa shape index (κ2) is 5.00. The third-order valence-corrected chi connectivity index (χ3v) is 1.81. The lowest BCUT2D eigenvalue weighted by atomic mass is 10.2. The Kier molecular flexibility index (Phi) is 3.89. The zero-order valence-electron chi connectivity index (χ0n) is 8.93. The molecule has 0 spiro atoms. The number of carbonyl (C=O) groups excluding carboxylic acids is 1. The zero-order chi connectivity index (χ0) is 13.1. The van der Waals surface area contributed by atoms with Crippen molar-refractivity contribution in [2.45, 2.75) is 13.1 Å². The van der Waals surface area contributed by atoms with Crippen LogP contribution in [0.15, 0.2) is 12.1 Å². The van der Waals surface area contributed by atoms with Crippen molar-refractivity contribution in [2.75, 3.05) is 12.0 Å². The van der Waals surface area contributed by atoms with Gasteiger partial charge >= 0.3 is 6.18 Å². The fourth-order valence-electron chi connectivity index (χ4n) is 1.16. The minimum Gasteiger partial charge on any atom is -0.343 e. The molecule has 94 valence electrons. The number of aryl methyl sites for hydroxylation is 1. The first kappa shape index (κ1) is 13.2. The summed E-state index contributed by atoms with van der Waals surface area (Å²) in [5, 5.41) is 1.76. The van der Waals surface area contributed by atoms with E-state index in [1.165, 1.54) is 12.1 Å². The topological polar surface area (TPSA) is 80.0 Å². The largest absolute Gasteiger partial charge is 0.405 e. The quantitative estimate of drug-likeness (QED) is 0.550. The van der Waals surface area contributed by atoms with Crippen LogP contribution in [0.1, 0.15) is 16.1 Å². The van der Waals surface area contributed by atoms with Crippen molar-refractivity contribution in [2.24, 2.45) is 5.84 Å². The Morgan fingerprint density at radius 2 is 2.12 bits per heavy atom. The molecule has 0 saturated heterocycles. The monoisotopic (exact) mass is 248 g/mol. The zero-order valence-corrected chi connectivity index (χ0v) is 8.93. The molecule has 0 saturated carbocycles. The molecule has 1 rings (SSSR count). The number of pyridine rings is 1. The van der Waals surface area contributed by atoms with Crippen molar-refractivity contribution in [3.8, 4) is 0 Å². The van der Waals surface area contributed by atoms with E-state index in [9.17, 15) is 18.0 Å². The highest BCUT2D eigenvalue weighted by Crippen LogP contribution is 2.13. The molecule has 8 heteroatoms. The summed E-state index contributed by atoms with van der Waals surface area (Å²) in [6, 6.07) is 2.63. The summed E-state index contributed by atoms with van der Waals surface area (Å²) in [5.41, 5.74) is 2.76. The van der Waals surface area contributed by atoms with E-state index in [0.29, 0.717) is 5.69 Å². The van der Waals surface area contributed by atoms with Crippen LogP contribution in [0.3, 0.4) is 0 Å². The van der Waals surface area contributed by atoms with Crippen LogP contribution >= 0.6 is 0 Å². The Balaban J connectivity index is 2.78. The van der Waals surface area contributed by atoms with E-state index in [4.69, 9.17) is 5.84 Å². The van der Waals surface area contributed by atoms with Crippen LogP contribution in [0.25, 0.3) is 0 Å². The van der Waals surface area contributed by atoms with Crippen LogP contribution in [0.5, 0.6) is 0 Å². The third kappa shape index (κ3) is 4.27. The Morgan fingerprint density at radius 1 is 1.47 bits per heavy atom. The molecule has 4 N–H and O–H groups in total. The molecule has 0 aliphatic rings. The third-order valence-electron chi connectivity index (χ3n) is 1.81. The molecule has 0 atom stereocenters.